The number of nitrogens with zero attached hydrogens (tertiary/aromatic N) is 1. The Morgan fingerprint density at radius 3 is 2.53 bits per heavy atom. The Morgan fingerprint density at radius 2 is 1.89 bits per heavy atom. The van der Waals surface area contributed by atoms with Crippen molar-refractivity contribution in [3.8, 4) is 0 Å². The van der Waals surface area contributed by atoms with Gasteiger partial charge in [0.1, 0.15) is 0 Å². The Labute approximate surface area is 115 Å². The molecule has 0 aliphatic rings. The summed E-state index contributed by atoms with van der Waals surface area (Å²) in [6, 6.07) is 10.8. The van der Waals surface area contributed by atoms with Crippen molar-refractivity contribution in [2.24, 2.45) is 0 Å². The van der Waals surface area contributed by atoms with Gasteiger partial charge >= 0.3 is 0 Å². The first-order valence-corrected chi connectivity index (χ1v) is 6.94. The van der Waals surface area contributed by atoms with Crippen LogP contribution in [0.15, 0.2) is 42.7 Å². The Balaban J connectivity index is 1.99. The lowest BCUT2D eigenvalue weighted by Gasteiger charge is -2.11. The summed E-state index contributed by atoms with van der Waals surface area (Å²) in [5.74, 6) is 0.634. The van der Waals surface area contributed by atoms with Gasteiger partial charge < -0.3 is 5.32 Å². The fourth-order valence-corrected chi connectivity index (χ4v) is 2.04. The second-order valence-electron chi connectivity index (χ2n) is 5.09. The Hall–Kier alpha value is -1.83. The van der Waals surface area contributed by atoms with E-state index >= 15 is 0 Å². The van der Waals surface area contributed by atoms with Gasteiger partial charge in [0, 0.05) is 24.6 Å². The zero-order chi connectivity index (χ0) is 13.7. The number of nitrogens with one attached hydrogen (secondary N) is 1. The van der Waals surface area contributed by atoms with E-state index in [1.54, 1.807) is 0 Å². The highest BCUT2D eigenvalue weighted by Gasteiger charge is 2.02. The molecule has 1 heterocycles. The van der Waals surface area contributed by atoms with E-state index < -0.39 is 0 Å². The first-order valence-electron chi connectivity index (χ1n) is 6.94. The summed E-state index contributed by atoms with van der Waals surface area (Å²) >= 11 is 0. The number of aromatic nitrogens is 1. The van der Waals surface area contributed by atoms with Crippen LogP contribution in [0.3, 0.4) is 0 Å². The van der Waals surface area contributed by atoms with Crippen LogP contribution in [0.5, 0.6) is 0 Å². The molecular formula is C17H22N2. The minimum absolute atomic E-state index is 0.634. The van der Waals surface area contributed by atoms with Crippen molar-refractivity contribution in [2.45, 2.75) is 39.7 Å². The van der Waals surface area contributed by atoms with Gasteiger partial charge in [0.25, 0.3) is 0 Å². The third-order valence-corrected chi connectivity index (χ3v) is 3.72. The quantitative estimate of drug-likeness (QED) is 0.848. The molecule has 2 heteroatoms. The minimum atomic E-state index is 0.634. The molecule has 0 amide bonds. The van der Waals surface area contributed by atoms with E-state index in [4.69, 9.17) is 0 Å². The van der Waals surface area contributed by atoms with E-state index in [1.807, 2.05) is 18.5 Å². The monoisotopic (exact) mass is 254 g/mol. The summed E-state index contributed by atoms with van der Waals surface area (Å²) in [4.78, 5) is 4.17. The highest BCUT2D eigenvalue weighted by Crippen LogP contribution is 2.20. The molecular weight excluding hydrogens is 232 g/mol. The topological polar surface area (TPSA) is 24.9 Å². The fraction of sp³-hybridized carbons (Fsp3) is 0.353. The number of benzene rings is 1. The van der Waals surface area contributed by atoms with Crippen LogP contribution in [0.25, 0.3) is 0 Å². The highest BCUT2D eigenvalue weighted by atomic mass is 14.9. The van der Waals surface area contributed by atoms with Crippen molar-refractivity contribution in [1.29, 1.82) is 0 Å². The molecule has 19 heavy (non-hydrogen) atoms. The Morgan fingerprint density at radius 1 is 1.16 bits per heavy atom. The zero-order valence-corrected chi connectivity index (χ0v) is 12.0. The van der Waals surface area contributed by atoms with Crippen LogP contribution in [-0.2, 0) is 6.54 Å². The number of pyridine rings is 1. The molecule has 1 atom stereocenters. The van der Waals surface area contributed by atoms with Gasteiger partial charge in [-0.2, -0.15) is 0 Å². The lowest BCUT2D eigenvalue weighted by atomic mass is 9.98. The number of aryl methyl sites for hydroxylation is 1. The molecule has 0 saturated carbocycles. The maximum Gasteiger partial charge on any atom is 0.0418 e. The number of anilines is 1. The molecule has 0 saturated heterocycles. The van der Waals surface area contributed by atoms with E-state index in [-0.39, 0.29) is 0 Å². The van der Waals surface area contributed by atoms with Crippen molar-refractivity contribution in [3.63, 3.8) is 0 Å². The van der Waals surface area contributed by atoms with Crippen molar-refractivity contribution >= 4 is 5.69 Å². The van der Waals surface area contributed by atoms with Gasteiger partial charge in [-0.05, 0) is 54.2 Å². The first-order chi connectivity index (χ1) is 9.20. The normalized spacial score (nSPS) is 12.2. The summed E-state index contributed by atoms with van der Waals surface area (Å²) in [6.45, 7) is 7.43. The van der Waals surface area contributed by atoms with Crippen LogP contribution < -0.4 is 5.32 Å². The molecule has 1 N–H and O–H groups in total. The molecule has 0 bridgehead atoms. The Kier molecular flexibility index (Phi) is 4.56. The summed E-state index contributed by atoms with van der Waals surface area (Å²) < 4.78 is 0. The predicted molar refractivity (Wildman–Crippen MR) is 81.4 cm³/mol. The van der Waals surface area contributed by atoms with Crippen LogP contribution in [0.4, 0.5) is 5.69 Å². The molecule has 100 valence electrons. The molecule has 0 aliphatic heterocycles. The van der Waals surface area contributed by atoms with Gasteiger partial charge in [-0.1, -0.05) is 26.0 Å². The molecule has 0 aliphatic carbocycles. The minimum Gasteiger partial charge on any atom is -0.381 e. The molecule has 0 spiro atoms. The maximum absolute atomic E-state index is 4.17. The average Bonchev–Trinajstić information content (AvgIpc) is 2.46. The third kappa shape index (κ3) is 3.57. The standard InChI is InChI=1S/C17H22N2/c1-4-13(2)15-5-7-17(8-6-15)19-12-16-11-18-10-9-14(16)3/h5-11,13,19H,4,12H2,1-3H3. The van der Waals surface area contributed by atoms with E-state index in [9.17, 15) is 0 Å². The average molecular weight is 254 g/mol. The van der Waals surface area contributed by atoms with Crippen LogP contribution in [-0.4, -0.2) is 4.98 Å². The van der Waals surface area contributed by atoms with Crippen LogP contribution in [0, 0.1) is 6.92 Å². The predicted octanol–water partition coefficient (Wildman–Crippen LogP) is 4.52. The van der Waals surface area contributed by atoms with E-state index in [0.29, 0.717) is 5.92 Å². The van der Waals surface area contributed by atoms with Crippen LogP contribution in [0.1, 0.15) is 42.9 Å². The van der Waals surface area contributed by atoms with Gasteiger partial charge in [0.15, 0.2) is 0 Å². The third-order valence-electron chi connectivity index (χ3n) is 3.72. The van der Waals surface area contributed by atoms with Gasteiger partial charge in [-0.3, -0.25) is 4.98 Å². The summed E-state index contributed by atoms with van der Waals surface area (Å²) in [5, 5.41) is 3.45. The van der Waals surface area contributed by atoms with Gasteiger partial charge in [-0.25, -0.2) is 0 Å². The molecule has 1 aromatic carbocycles. The highest BCUT2D eigenvalue weighted by molar-refractivity contribution is 5.46. The maximum atomic E-state index is 4.17. The van der Waals surface area contributed by atoms with Gasteiger partial charge in [-0.15, -0.1) is 0 Å². The number of rotatable bonds is 5. The van der Waals surface area contributed by atoms with Crippen molar-refractivity contribution in [1.82, 2.24) is 4.98 Å². The van der Waals surface area contributed by atoms with Crippen LogP contribution >= 0.6 is 0 Å². The smallest absolute Gasteiger partial charge is 0.0418 e. The SMILES string of the molecule is CCC(C)c1ccc(NCc2cnccc2C)cc1. The van der Waals surface area contributed by atoms with Crippen molar-refractivity contribution < 1.29 is 0 Å². The van der Waals surface area contributed by atoms with Crippen molar-refractivity contribution in [3.05, 3.63) is 59.4 Å². The molecule has 2 aromatic rings. The van der Waals surface area contributed by atoms with Crippen LogP contribution in [0.2, 0.25) is 0 Å². The summed E-state index contributed by atoms with van der Waals surface area (Å²) in [5.41, 5.74) is 5.09. The lowest BCUT2D eigenvalue weighted by Crippen LogP contribution is -2.02. The molecule has 1 unspecified atom stereocenters. The molecule has 2 rings (SSSR count). The molecule has 0 fully saturated rings. The summed E-state index contributed by atoms with van der Waals surface area (Å²) in [6.07, 6.45) is 4.94. The first kappa shape index (κ1) is 13.6. The van der Waals surface area contributed by atoms with E-state index in [1.165, 1.54) is 23.1 Å². The zero-order valence-electron chi connectivity index (χ0n) is 12.0. The lowest BCUT2D eigenvalue weighted by molar-refractivity contribution is 0.734. The summed E-state index contributed by atoms with van der Waals surface area (Å²) in [7, 11) is 0. The molecule has 1 aromatic heterocycles. The number of hydrogen-bond acceptors (Lipinski definition) is 2. The number of hydrogen-bond donors (Lipinski definition) is 1. The van der Waals surface area contributed by atoms with E-state index in [0.717, 1.165) is 12.2 Å². The van der Waals surface area contributed by atoms with Crippen molar-refractivity contribution in [2.75, 3.05) is 5.32 Å². The molecule has 0 radical (unpaired) electrons. The Bertz CT molecular complexity index is 517. The fourth-order valence-electron chi connectivity index (χ4n) is 2.04. The second kappa shape index (κ2) is 6.37. The second-order valence-corrected chi connectivity index (χ2v) is 5.09. The van der Waals surface area contributed by atoms with E-state index in [2.05, 4.69) is 55.3 Å². The molecule has 2 nitrogen and oxygen atoms in total. The largest absolute Gasteiger partial charge is 0.381 e. The van der Waals surface area contributed by atoms with Gasteiger partial charge in [0.2, 0.25) is 0 Å². The van der Waals surface area contributed by atoms with Gasteiger partial charge in [0.05, 0.1) is 0 Å².